The molecule has 0 heterocycles. The Balaban J connectivity index is 1.58. The van der Waals surface area contributed by atoms with E-state index in [-0.39, 0.29) is 12.2 Å². The molecule has 0 atom stereocenters. The van der Waals surface area contributed by atoms with Crippen LogP contribution in [-0.4, -0.2) is 25.6 Å². The number of rotatable bonds is 9. The number of esters is 1. The summed E-state index contributed by atoms with van der Waals surface area (Å²) in [5, 5.41) is 14.7. The molecular formula is C32H28N2O5. The fraction of sp³-hybridized carbons (Fsp3) is 0.156. The molecule has 1 amide bonds. The van der Waals surface area contributed by atoms with Gasteiger partial charge in [0.05, 0.1) is 19.3 Å². The first kappa shape index (κ1) is 27.0. The highest BCUT2D eigenvalue weighted by Gasteiger charge is 2.14. The molecule has 0 aliphatic heterocycles. The number of hydrogen-bond acceptors (Lipinski definition) is 6. The van der Waals surface area contributed by atoms with Crippen LogP contribution in [0.3, 0.4) is 0 Å². The number of amides is 1. The van der Waals surface area contributed by atoms with Crippen LogP contribution >= 0.6 is 0 Å². The van der Waals surface area contributed by atoms with E-state index in [9.17, 15) is 14.9 Å². The molecule has 39 heavy (non-hydrogen) atoms. The molecule has 0 unspecified atom stereocenters. The second-order valence-electron chi connectivity index (χ2n) is 8.70. The van der Waals surface area contributed by atoms with E-state index in [0.717, 1.165) is 21.9 Å². The van der Waals surface area contributed by atoms with Crippen LogP contribution in [0.25, 0.3) is 16.8 Å². The van der Waals surface area contributed by atoms with Gasteiger partial charge in [-0.05, 0) is 72.7 Å². The molecule has 0 aromatic heterocycles. The van der Waals surface area contributed by atoms with Gasteiger partial charge >= 0.3 is 5.97 Å². The maximum Gasteiger partial charge on any atom is 0.338 e. The van der Waals surface area contributed by atoms with E-state index < -0.39 is 11.9 Å². The first-order valence-electron chi connectivity index (χ1n) is 12.4. The van der Waals surface area contributed by atoms with Crippen LogP contribution in [0.2, 0.25) is 0 Å². The van der Waals surface area contributed by atoms with Crippen LogP contribution in [0.1, 0.15) is 34.0 Å². The molecule has 4 rings (SSSR count). The summed E-state index contributed by atoms with van der Waals surface area (Å²) in [6, 6.07) is 25.7. The summed E-state index contributed by atoms with van der Waals surface area (Å²) < 4.78 is 16.6. The van der Waals surface area contributed by atoms with Crippen LogP contribution in [0, 0.1) is 18.3 Å². The van der Waals surface area contributed by atoms with Crippen molar-refractivity contribution in [1.82, 2.24) is 0 Å². The zero-order chi connectivity index (χ0) is 27.8. The van der Waals surface area contributed by atoms with Crippen LogP contribution in [0.15, 0.2) is 84.4 Å². The summed E-state index contributed by atoms with van der Waals surface area (Å²) >= 11 is 0. The molecule has 7 nitrogen and oxygen atoms in total. The molecule has 0 aliphatic carbocycles. The Bertz CT molecular complexity index is 1580. The molecule has 7 heteroatoms. The Hall–Kier alpha value is -5.09. The van der Waals surface area contributed by atoms with Crippen LogP contribution < -0.4 is 14.8 Å². The Kier molecular flexibility index (Phi) is 8.60. The number of aryl methyl sites for hydroxylation is 1. The average Bonchev–Trinajstić information content (AvgIpc) is 2.96. The van der Waals surface area contributed by atoms with E-state index in [1.165, 1.54) is 6.08 Å². The molecule has 0 bridgehead atoms. The van der Waals surface area contributed by atoms with Crippen molar-refractivity contribution in [2.75, 3.05) is 19.0 Å². The Morgan fingerprint density at radius 3 is 2.49 bits per heavy atom. The maximum absolute atomic E-state index is 12.9. The maximum atomic E-state index is 12.9. The van der Waals surface area contributed by atoms with E-state index in [2.05, 4.69) is 29.6 Å². The van der Waals surface area contributed by atoms with Crippen LogP contribution in [0.5, 0.6) is 11.5 Å². The lowest BCUT2D eigenvalue weighted by atomic mass is 10.0. The van der Waals surface area contributed by atoms with Crippen molar-refractivity contribution in [2.24, 2.45) is 0 Å². The minimum atomic E-state index is -0.590. The Morgan fingerprint density at radius 1 is 1.00 bits per heavy atom. The molecular weight excluding hydrogens is 492 g/mol. The summed E-state index contributed by atoms with van der Waals surface area (Å²) in [5.41, 5.74) is 3.40. The number of nitrogens with one attached hydrogen (secondary N) is 1. The lowest BCUT2D eigenvalue weighted by molar-refractivity contribution is -0.112. The number of ether oxygens (including phenoxy) is 3. The number of fused-ring (bicyclic) bond motifs is 1. The normalized spacial score (nSPS) is 11.0. The van der Waals surface area contributed by atoms with Crippen molar-refractivity contribution >= 4 is 34.4 Å². The van der Waals surface area contributed by atoms with E-state index in [1.807, 2.05) is 25.1 Å². The standard InChI is InChI=1S/C32H28N2O5/c1-4-38-32(36)23-11-14-26(15-12-23)34-31(35)25(19-33)17-24-13-16-27(37-3)18-30(24)39-20-29-21(2)9-10-22-7-5-6-8-28(22)29/h5-18H,4,20H2,1-3H3,(H,34,35)/b25-17+. The van der Waals surface area contributed by atoms with E-state index in [0.29, 0.717) is 34.9 Å². The molecule has 0 aliphatic rings. The molecule has 4 aromatic rings. The molecule has 0 spiro atoms. The third-order valence-electron chi connectivity index (χ3n) is 6.19. The first-order valence-corrected chi connectivity index (χ1v) is 12.4. The van der Waals surface area contributed by atoms with Gasteiger partial charge in [0.1, 0.15) is 29.7 Å². The molecule has 0 fully saturated rings. The van der Waals surface area contributed by atoms with Crippen molar-refractivity contribution in [3.8, 4) is 17.6 Å². The fourth-order valence-corrected chi connectivity index (χ4v) is 4.08. The van der Waals surface area contributed by atoms with E-state index >= 15 is 0 Å². The number of carbonyl (C=O) groups excluding carboxylic acids is 2. The van der Waals surface area contributed by atoms with Crippen molar-refractivity contribution in [1.29, 1.82) is 5.26 Å². The zero-order valence-corrected chi connectivity index (χ0v) is 22.0. The first-order chi connectivity index (χ1) is 18.9. The topological polar surface area (TPSA) is 97.7 Å². The second kappa shape index (κ2) is 12.4. The van der Waals surface area contributed by atoms with Gasteiger partial charge in [0.15, 0.2) is 0 Å². The lowest BCUT2D eigenvalue weighted by Gasteiger charge is -2.15. The molecule has 196 valence electrons. The number of nitrogens with zero attached hydrogens (tertiary/aromatic N) is 1. The fourth-order valence-electron chi connectivity index (χ4n) is 4.08. The summed E-state index contributed by atoms with van der Waals surface area (Å²) in [7, 11) is 1.56. The van der Waals surface area contributed by atoms with Crippen LogP contribution in [0.4, 0.5) is 5.69 Å². The van der Waals surface area contributed by atoms with E-state index in [4.69, 9.17) is 14.2 Å². The van der Waals surface area contributed by atoms with Gasteiger partial charge in [-0.25, -0.2) is 4.79 Å². The third-order valence-corrected chi connectivity index (χ3v) is 6.19. The highest BCUT2D eigenvalue weighted by molar-refractivity contribution is 6.10. The van der Waals surface area contributed by atoms with Gasteiger partial charge in [0, 0.05) is 22.9 Å². The number of methoxy groups -OCH3 is 1. The molecule has 0 saturated carbocycles. The molecule has 0 radical (unpaired) electrons. The van der Waals surface area contributed by atoms with Crippen molar-refractivity contribution in [3.63, 3.8) is 0 Å². The Labute approximate surface area is 227 Å². The van der Waals surface area contributed by atoms with Gasteiger partial charge in [-0.1, -0.05) is 36.4 Å². The smallest absolute Gasteiger partial charge is 0.338 e. The summed E-state index contributed by atoms with van der Waals surface area (Å²) in [6.07, 6.45) is 1.48. The second-order valence-corrected chi connectivity index (χ2v) is 8.70. The number of hydrogen-bond donors (Lipinski definition) is 1. The monoisotopic (exact) mass is 520 g/mol. The highest BCUT2D eigenvalue weighted by Crippen LogP contribution is 2.30. The Morgan fingerprint density at radius 2 is 1.77 bits per heavy atom. The van der Waals surface area contributed by atoms with Crippen LogP contribution in [-0.2, 0) is 16.1 Å². The van der Waals surface area contributed by atoms with E-state index in [1.54, 1.807) is 56.5 Å². The van der Waals surface area contributed by atoms with Gasteiger partial charge in [0.2, 0.25) is 0 Å². The number of carbonyl (C=O) groups is 2. The number of anilines is 1. The predicted octanol–water partition coefficient (Wildman–Crippen LogP) is 6.46. The quantitative estimate of drug-likeness (QED) is 0.155. The summed E-state index contributed by atoms with van der Waals surface area (Å²) in [5.74, 6) is 0.0224. The predicted molar refractivity (Wildman–Crippen MR) is 151 cm³/mol. The SMILES string of the molecule is CCOC(=O)c1ccc(NC(=O)/C(C#N)=C/c2ccc(OC)cc2OCc2c(C)ccc3ccccc23)cc1. The van der Waals surface area contributed by atoms with Gasteiger partial charge in [-0.3, -0.25) is 4.79 Å². The molecule has 0 saturated heterocycles. The molecule has 1 N–H and O–H groups in total. The van der Waals surface area contributed by atoms with Gasteiger partial charge in [-0.2, -0.15) is 5.26 Å². The highest BCUT2D eigenvalue weighted by atomic mass is 16.5. The average molecular weight is 521 g/mol. The van der Waals surface area contributed by atoms with Crippen molar-refractivity contribution in [2.45, 2.75) is 20.5 Å². The minimum Gasteiger partial charge on any atom is -0.497 e. The molecule has 4 aromatic carbocycles. The summed E-state index contributed by atoms with van der Waals surface area (Å²) in [6.45, 7) is 4.33. The number of benzene rings is 4. The zero-order valence-electron chi connectivity index (χ0n) is 22.0. The summed E-state index contributed by atoms with van der Waals surface area (Å²) in [4.78, 5) is 24.8. The van der Waals surface area contributed by atoms with Gasteiger partial charge < -0.3 is 19.5 Å². The van der Waals surface area contributed by atoms with Crippen molar-refractivity contribution in [3.05, 3.63) is 107 Å². The van der Waals surface area contributed by atoms with Gasteiger partial charge in [0.25, 0.3) is 5.91 Å². The van der Waals surface area contributed by atoms with Crippen molar-refractivity contribution < 1.29 is 23.8 Å². The number of nitriles is 1. The van der Waals surface area contributed by atoms with Gasteiger partial charge in [-0.15, -0.1) is 0 Å². The lowest BCUT2D eigenvalue weighted by Crippen LogP contribution is -2.14. The largest absolute Gasteiger partial charge is 0.497 e. The minimum absolute atomic E-state index is 0.110. The third kappa shape index (κ3) is 6.43.